The van der Waals surface area contributed by atoms with Crippen molar-refractivity contribution in [3.8, 4) is 0 Å². The Morgan fingerprint density at radius 2 is 2.06 bits per heavy atom. The highest BCUT2D eigenvalue weighted by atomic mass is 79.9. The summed E-state index contributed by atoms with van der Waals surface area (Å²) < 4.78 is 1.17. The van der Waals surface area contributed by atoms with E-state index in [9.17, 15) is 5.11 Å². The minimum absolute atomic E-state index is 0.107. The van der Waals surface area contributed by atoms with Crippen LogP contribution in [-0.2, 0) is 6.42 Å². The van der Waals surface area contributed by atoms with E-state index in [1.807, 2.05) is 6.07 Å². The summed E-state index contributed by atoms with van der Waals surface area (Å²) in [6, 6.07) is 8.36. The van der Waals surface area contributed by atoms with E-state index in [-0.39, 0.29) is 6.10 Å². The normalized spacial score (nSPS) is 29.2. The summed E-state index contributed by atoms with van der Waals surface area (Å²) in [5.74, 6) is 1.25. The van der Waals surface area contributed by atoms with Crippen molar-refractivity contribution in [3.63, 3.8) is 0 Å². The number of halogens is 1. The van der Waals surface area contributed by atoms with Gasteiger partial charge in [-0.15, -0.1) is 0 Å². The average Bonchev–Trinajstić information content (AvgIpc) is 2.35. The summed E-state index contributed by atoms with van der Waals surface area (Å²) in [6.07, 6.45) is 5.50. The van der Waals surface area contributed by atoms with Crippen LogP contribution in [0.25, 0.3) is 0 Å². The molecule has 2 heteroatoms. The second-order valence-corrected chi connectivity index (χ2v) is 6.06. The Bertz CT molecular complexity index is 364. The third kappa shape index (κ3) is 3.32. The molecule has 17 heavy (non-hydrogen) atoms. The van der Waals surface area contributed by atoms with Crippen molar-refractivity contribution in [1.82, 2.24) is 0 Å². The van der Waals surface area contributed by atoms with Crippen molar-refractivity contribution in [2.75, 3.05) is 0 Å². The molecule has 1 aromatic rings. The van der Waals surface area contributed by atoms with Gasteiger partial charge in [0.25, 0.3) is 0 Å². The van der Waals surface area contributed by atoms with Crippen molar-refractivity contribution in [2.45, 2.75) is 45.1 Å². The number of aliphatic hydroxyl groups is 1. The number of rotatable bonds is 3. The van der Waals surface area contributed by atoms with Gasteiger partial charge in [0.05, 0.1) is 6.10 Å². The molecule has 3 unspecified atom stereocenters. The van der Waals surface area contributed by atoms with Gasteiger partial charge in [0.1, 0.15) is 0 Å². The summed E-state index contributed by atoms with van der Waals surface area (Å²) in [5, 5.41) is 10.1. The third-order valence-electron chi connectivity index (χ3n) is 4.07. The summed E-state index contributed by atoms with van der Waals surface area (Å²) in [7, 11) is 0. The summed E-state index contributed by atoms with van der Waals surface area (Å²) in [4.78, 5) is 0. The fraction of sp³-hybridized carbons (Fsp3) is 0.600. The van der Waals surface area contributed by atoms with E-state index in [0.29, 0.717) is 5.92 Å². The van der Waals surface area contributed by atoms with E-state index in [0.717, 1.165) is 18.8 Å². The van der Waals surface area contributed by atoms with Crippen LogP contribution in [0.5, 0.6) is 0 Å². The zero-order valence-corrected chi connectivity index (χ0v) is 12.0. The maximum Gasteiger partial charge on any atom is 0.0571 e. The molecule has 0 amide bonds. The van der Waals surface area contributed by atoms with Gasteiger partial charge < -0.3 is 5.11 Å². The Hall–Kier alpha value is -0.340. The SMILES string of the molecule is CCC1CCC(O)C(Cc2ccccc2Br)C1. The molecule has 0 aromatic heterocycles. The van der Waals surface area contributed by atoms with Gasteiger partial charge in [0, 0.05) is 4.47 Å². The minimum atomic E-state index is -0.107. The first-order valence-electron chi connectivity index (χ1n) is 6.62. The van der Waals surface area contributed by atoms with Crippen LogP contribution in [-0.4, -0.2) is 11.2 Å². The van der Waals surface area contributed by atoms with Gasteiger partial charge >= 0.3 is 0 Å². The Morgan fingerprint density at radius 3 is 2.76 bits per heavy atom. The molecule has 0 saturated heterocycles. The summed E-state index contributed by atoms with van der Waals surface area (Å²) >= 11 is 3.59. The van der Waals surface area contributed by atoms with Gasteiger partial charge in [-0.2, -0.15) is 0 Å². The van der Waals surface area contributed by atoms with E-state index in [1.165, 1.54) is 29.3 Å². The molecule has 0 heterocycles. The van der Waals surface area contributed by atoms with Crippen molar-refractivity contribution in [3.05, 3.63) is 34.3 Å². The largest absolute Gasteiger partial charge is 0.393 e. The minimum Gasteiger partial charge on any atom is -0.393 e. The zero-order chi connectivity index (χ0) is 12.3. The molecule has 1 aromatic carbocycles. The van der Waals surface area contributed by atoms with Crippen LogP contribution in [0.3, 0.4) is 0 Å². The molecule has 0 radical (unpaired) electrons. The van der Waals surface area contributed by atoms with E-state index in [4.69, 9.17) is 0 Å². The van der Waals surface area contributed by atoms with Crippen LogP contribution < -0.4 is 0 Å². The van der Waals surface area contributed by atoms with E-state index >= 15 is 0 Å². The molecule has 0 spiro atoms. The highest BCUT2D eigenvalue weighted by Crippen LogP contribution is 2.34. The first-order chi connectivity index (χ1) is 8.20. The van der Waals surface area contributed by atoms with Gasteiger partial charge in [-0.3, -0.25) is 0 Å². The molecule has 1 N–H and O–H groups in total. The van der Waals surface area contributed by atoms with E-state index in [2.05, 4.69) is 41.1 Å². The molecule has 1 nitrogen and oxygen atoms in total. The summed E-state index contributed by atoms with van der Waals surface area (Å²) in [5.41, 5.74) is 1.33. The van der Waals surface area contributed by atoms with Gasteiger partial charge in [0.2, 0.25) is 0 Å². The molecule has 0 aliphatic heterocycles. The van der Waals surface area contributed by atoms with Crippen LogP contribution in [0.1, 0.15) is 38.2 Å². The Morgan fingerprint density at radius 1 is 1.29 bits per heavy atom. The topological polar surface area (TPSA) is 20.2 Å². The first-order valence-corrected chi connectivity index (χ1v) is 7.41. The number of hydrogen-bond donors (Lipinski definition) is 1. The number of benzene rings is 1. The first kappa shape index (κ1) is 13.1. The molecule has 2 rings (SSSR count). The Labute approximate surface area is 112 Å². The molecule has 94 valence electrons. The van der Waals surface area contributed by atoms with Crippen molar-refractivity contribution in [1.29, 1.82) is 0 Å². The fourth-order valence-electron chi connectivity index (χ4n) is 2.88. The summed E-state index contributed by atoms with van der Waals surface area (Å²) in [6.45, 7) is 2.26. The van der Waals surface area contributed by atoms with Crippen LogP contribution in [0.2, 0.25) is 0 Å². The molecule has 1 saturated carbocycles. The van der Waals surface area contributed by atoms with Crippen molar-refractivity contribution in [2.24, 2.45) is 11.8 Å². The lowest BCUT2D eigenvalue weighted by atomic mass is 9.76. The number of aliphatic hydroxyl groups excluding tert-OH is 1. The molecular weight excluding hydrogens is 276 g/mol. The molecule has 0 bridgehead atoms. The Balaban J connectivity index is 2.04. The van der Waals surface area contributed by atoms with Crippen LogP contribution in [0.4, 0.5) is 0 Å². The fourth-order valence-corrected chi connectivity index (χ4v) is 3.33. The maximum atomic E-state index is 10.1. The molecule has 3 atom stereocenters. The van der Waals surface area contributed by atoms with Crippen LogP contribution in [0.15, 0.2) is 28.7 Å². The van der Waals surface area contributed by atoms with Gasteiger partial charge in [-0.05, 0) is 49.1 Å². The van der Waals surface area contributed by atoms with E-state index in [1.54, 1.807) is 0 Å². The molecule has 1 aliphatic rings. The second-order valence-electron chi connectivity index (χ2n) is 5.21. The lowest BCUT2D eigenvalue weighted by Gasteiger charge is -2.33. The molecular formula is C15H21BrO. The van der Waals surface area contributed by atoms with E-state index < -0.39 is 0 Å². The highest BCUT2D eigenvalue weighted by Gasteiger charge is 2.28. The monoisotopic (exact) mass is 296 g/mol. The zero-order valence-electron chi connectivity index (χ0n) is 10.4. The predicted octanol–water partition coefficient (Wildman–Crippen LogP) is 4.18. The quantitative estimate of drug-likeness (QED) is 0.887. The standard InChI is InChI=1S/C15H21BrO/c1-2-11-7-8-15(17)13(9-11)10-12-5-3-4-6-14(12)16/h3-6,11,13,15,17H,2,7-10H2,1H3. The second kappa shape index (κ2) is 6.01. The molecule has 1 fully saturated rings. The predicted molar refractivity (Wildman–Crippen MR) is 75.0 cm³/mol. The third-order valence-corrected chi connectivity index (χ3v) is 4.84. The van der Waals surface area contributed by atoms with Crippen molar-refractivity contribution < 1.29 is 5.11 Å². The highest BCUT2D eigenvalue weighted by molar-refractivity contribution is 9.10. The molecule has 1 aliphatic carbocycles. The lowest BCUT2D eigenvalue weighted by Crippen LogP contribution is -2.30. The lowest BCUT2D eigenvalue weighted by molar-refractivity contribution is 0.0474. The maximum absolute atomic E-state index is 10.1. The number of hydrogen-bond acceptors (Lipinski definition) is 1. The Kier molecular flexibility index (Phi) is 4.63. The smallest absolute Gasteiger partial charge is 0.0571 e. The average molecular weight is 297 g/mol. The van der Waals surface area contributed by atoms with Crippen LogP contribution >= 0.6 is 15.9 Å². The van der Waals surface area contributed by atoms with Gasteiger partial charge in [-0.25, -0.2) is 0 Å². The van der Waals surface area contributed by atoms with Gasteiger partial charge in [0.15, 0.2) is 0 Å². The van der Waals surface area contributed by atoms with Crippen molar-refractivity contribution >= 4 is 15.9 Å². The van der Waals surface area contributed by atoms with Crippen LogP contribution in [0, 0.1) is 11.8 Å². The van der Waals surface area contributed by atoms with Gasteiger partial charge in [-0.1, -0.05) is 47.5 Å².